The Morgan fingerprint density at radius 1 is 1.50 bits per heavy atom. The molecule has 0 aliphatic carbocycles. The minimum Gasteiger partial charge on any atom is -0.362 e. The number of aryl methyl sites for hydroxylation is 1. The molecule has 4 heteroatoms. The molecule has 0 aliphatic heterocycles. The third kappa shape index (κ3) is 2.67. The fourth-order valence-electron chi connectivity index (χ4n) is 1.36. The molecule has 1 rings (SSSR count). The minimum atomic E-state index is 0.139. The van der Waals surface area contributed by atoms with Gasteiger partial charge in [0.15, 0.2) is 0 Å². The Morgan fingerprint density at radius 3 is 2.64 bits per heavy atom. The first-order valence-electron chi connectivity index (χ1n) is 4.76. The van der Waals surface area contributed by atoms with Crippen LogP contribution in [0.3, 0.4) is 0 Å². The van der Waals surface area contributed by atoms with E-state index in [1.165, 1.54) is 0 Å². The molecule has 0 aliphatic rings. The van der Waals surface area contributed by atoms with Gasteiger partial charge in [0.1, 0.15) is 11.6 Å². The summed E-state index contributed by atoms with van der Waals surface area (Å²) in [6.07, 6.45) is 2.68. The van der Waals surface area contributed by atoms with Gasteiger partial charge in [-0.2, -0.15) is 0 Å². The summed E-state index contributed by atoms with van der Waals surface area (Å²) in [4.78, 5) is 10.6. The Balaban J connectivity index is 3.02. The van der Waals surface area contributed by atoms with Crippen molar-refractivity contribution in [2.75, 3.05) is 19.0 Å². The van der Waals surface area contributed by atoms with Crippen LogP contribution in [0.5, 0.6) is 0 Å². The van der Waals surface area contributed by atoms with Gasteiger partial charge in [-0.05, 0) is 20.3 Å². The largest absolute Gasteiger partial charge is 0.362 e. The highest BCUT2D eigenvalue weighted by Crippen LogP contribution is 2.15. The summed E-state index contributed by atoms with van der Waals surface area (Å²) >= 11 is 0. The van der Waals surface area contributed by atoms with Gasteiger partial charge in [-0.3, -0.25) is 0 Å². The first-order chi connectivity index (χ1) is 6.50. The van der Waals surface area contributed by atoms with Crippen LogP contribution < -0.4 is 10.6 Å². The van der Waals surface area contributed by atoms with Gasteiger partial charge in [0.25, 0.3) is 0 Å². The van der Waals surface area contributed by atoms with Crippen molar-refractivity contribution in [1.82, 2.24) is 9.97 Å². The smallest absolute Gasteiger partial charge is 0.135 e. The van der Waals surface area contributed by atoms with Crippen molar-refractivity contribution in [3.8, 4) is 0 Å². The first kappa shape index (κ1) is 10.9. The van der Waals surface area contributed by atoms with Crippen LogP contribution in [-0.4, -0.2) is 30.1 Å². The van der Waals surface area contributed by atoms with Crippen molar-refractivity contribution >= 4 is 5.82 Å². The quantitative estimate of drug-likeness (QED) is 0.771. The average molecular weight is 194 g/mol. The lowest BCUT2D eigenvalue weighted by Crippen LogP contribution is -2.21. The zero-order valence-corrected chi connectivity index (χ0v) is 9.28. The van der Waals surface area contributed by atoms with Gasteiger partial charge in [-0.15, -0.1) is 0 Å². The van der Waals surface area contributed by atoms with E-state index in [9.17, 15) is 0 Å². The van der Waals surface area contributed by atoms with Crippen molar-refractivity contribution in [2.24, 2.45) is 5.73 Å². The summed E-state index contributed by atoms with van der Waals surface area (Å²) < 4.78 is 0. The van der Waals surface area contributed by atoms with E-state index in [0.29, 0.717) is 0 Å². The number of anilines is 1. The number of hydrogen-bond acceptors (Lipinski definition) is 4. The van der Waals surface area contributed by atoms with Crippen LogP contribution in [0, 0.1) is 6.92 Å². The molecule has 14 heavy (non-hydrogen) atoms. The summed E-state index contributed by atoms with van der Waals surface area (Å²) in [6.45, 7) is 3.88. The molecule has 1 atom stereocenters. The Labute approximate surface area is 85.2 Å². The highest BCUT2D eigenvalue weighted by atomic mass is 15.1. The molecule has 0 bridgehead atoms. The van der Waals surface area contributed by atoms with Crippen molar-refractivity contribution in [3.63, 3.8) is 0 Å². The number of rotatable bonds is 3. The SMILES string of the molecule is Cc1ncc(CC(C)N)c(N(C)C)n1. The van der Waals surface area contributed by atoms with E-state index >= 15 is 0 Å². The molecule has 2 N–H and O–H groups in total. The zero-order valence-electron chi connectivity index (χ0n) is 9.28. The molecular formula is C10H18N4. The van der Waals surface area contributed by atoms with Crippen molar-refractivity contribution in [2.45, 2.75) is 26.3 Å². The topological polar surface area (TPSA) is 55.0 Å². The van der Waals surface area contributed by atoms with Gasteiger partial charge in [-0.1, -0.05) is 0 Å². The molecule has 1 aromatic heterocycles. The zero-order chi connectivity index (χ0) is 10.7. The number of nitrogens with zero attached hydrogens (tertiary/aromatic N) is 3. The molecule has 0 amide bonds. The molecule has 0 saturated heterocycles. The van der Waals surface area contributed by atoms with Gasteiger partial charge in [0, 0.05) is 31.9 Å². The fourth-order valence-corrected chi connectivity index (χ4v) is 1.36. The van der Waals surface area contributed by atoms with E-state index in [2.05, 4.69) is 9.97 Å². The maximum atomic E-state index is 5.76. The highest BCUT2D eigenvalue weighted by molar-refractivity contribution is 5.44. The van der Waals surface area contributed by atoms with Crippen molar-refractivity contribution in [1.29, 1.82) is 0 Å². The second-order valence-electron chi connectivity index (χ2n) is 3.84. The standard InChI is InChI=1S/C10H18N4/c1-7(11)5-9-6-12-8(2)13-10(9)14(3)4/h6-7H,5,11H2,1-4H3. The third-order valence-electron chi connectivity index (χ3n) is 1.93. The van der Waals surface area contributed by atoms with E-state index in [1.807, 2.05) is 39.0 Å². The summed E-state index contributed by atoms with van der Waals surface area (Å²) in [7, 11) is 3.96. The van der Waals surface area contributed by atoms with Crippen LogP contribution in [0.15, 0.2) is 6.20 Å². The molecule has 1 aromatic rings. The molecular weight excluding hydrogens is 176 g/mol. The summed E-state index contributed by atoms with van der Waals surface area (Å²) in [5.74, 6) is 1.76. The Morgan fingerprint density at radius 2 is 2.14 bits per heavy atom. The van der Waals surface area contributed by atoms with E-state index < -0.39 is 0 Å². The Hall–Kier alpha value is -1.16. The summed E-state index contributed by atoms with van der Waals surface area (Å²) in [5.41, 5.74) is 6.86. The van der Waals surface area contributed by atoms with Crippen LogP contribution in [0.4, 0.5) is 5.82 Å². The molecule has 0 spiro atoms. The molecule has 1 heterocycles. The first-order valence-corrected chi connectivity index (χ1v) is 4.76. The molecule has 1 unspecified atom stereocenters. The molecule has 0 saturated carbocycles. The van der Waals surface area contributed by atoms with Gasteiger partial charge in [-0.25, -0.2) is 9.97 Å². The van der Waals surface area contributed by atoms with E-state index in [1.54, 1.807) is 0 Å². The molecule has 78 valence electrons. The lowest BCUT2D eigenvalue weighted by Gasteiger charge is -2.17. The predicted molar refractivity (Wildman–Crippen MR) is 58.4 cm³/mol. The highest BCUT2D eigenvalue weighted by Gasteiger charge is 2.08. The van der Waals surface area contributed by atoms with E-state index in [-0.39, 0.29) is 6.04 Å². The molecule has 0 fully saturated rings. The number of nitrogens with two attached hydrogens (primary N) is 1. The van der Waals surface area contributed by atoms with Gasteiger partial charge in [0.05, 0.1) is 0 Å². The number of aromatic nitrogens is 2. The summed E-state index contributed by atoms with van der Waals surface area (Å²) in [5, 5.41) is 0. The average Bonchev–Trinajstić information content (AvgIpc) is 2.07. The van der Waals surface area contributed by atoms with Crippen LogP contribution >= 0.6 is 0 Å². The summed E-state index contributed by atoms with van der Waals surface area (Å²) in [6, 6.07) is 0.139. The van der Waals surface area contributed by atoms with E-state index in [0.717, 1.165) is 23.6 Å². The Kier molecular flexibility index (Phi) is 3.41. The van der Waals surface area contributed by atoms with Crippen molar-refractivity contribution < 1.29 is 0 Å². The second kappa shape index (κ2) is 4.37. The van der Waals surface area contributed by atoms with Crippen molar-refractivity contribution in [3.05, 3.63) is 17.6 Å². The van der Waals surface area contributed by atoms with Gasteiger partial charge >= 0.3 is 0 Å². The molecule has 4 nitrogen and oxygen atoms in total. The normalized spacial score (nSPS) is 12.6. The van der Waals surface area contributed by atoms with Gasteiger partial charge in [0.2, 0.25) is 0 Å². The fraction of sp³-hybridized carbons (Fsp3) is 0.600. The maximum absolute atomic E-state index is 5.76. The molecule has 0 aromatic carbocycles. The minimum absolute atomic E-state index is 0.139. The lowest BCUT2D eigenvalue weighted by atomic mass is 10.1. The lowest BCUT2D eigenvalue weighted by molar-refractivity contribution is 0.728. The van der Waals surface area contributed by atoms with Crippen LogP contribution in [0.25, 0.3) is 0 Å². The second-order valence-corrected chi connectivity index (χ2v) is 3.84. The third-order valence-corrected chi connectivity index (χ3v) is 1.93. The van der Waals surface area contributed by atoms with E-state index in [4.69, 9.17) is 5.73 Å². The molecule has 0 radical (unpaired) electrons. The maximum Gasteiger partial charge on any atom is 0.135 e. The van der Waals surface area contributed by atoms with Crippen LogP contribution in [-0.2, 0) is 6.42 Å². The van der Waals surface area contributed by atoms with Crippen LogP contribution in [0.2, 0.25) is 0 Å². The number of hydrogen-bond donors (Lipinski definition) is 1. The monoisotopic (exact) mass is 194 g/mol. The van der Waals surface area contributed by atoms with Crippen LogP contribution in [0.1, 0.15) is 18.3 Å². The predicted octanol–water partition coefficient (Wildman–Crippen LogP) is 0.741. The Bertz CT molecular complexity index is 307. The van der Waals surface area contributed by atoms with Gasteiger partial charge < -0.3 is 10.6 Å².